The van der Waals surface area contributed by atoms with Crippen molar-refractivity contribution in [2.24, 2.45) is 0 Å². The van der Waals surface area contributed by atoms with Gasteiger partial charge in [-0.05, 0) is 31.0 Å². The highest BCUT2D eigenvalue weighted by Crippen LogP contribution is 2.27. The summed E-state index contributed by atoms with van der Waals surface area (Å²) in [5.41, 5.74) is 0.872. The molecule has 0 bridgehead atoms. The number of halogens is 1. The summed E-state index contributed by atoms with van der Waals surface area (Å²) in [6.07, 6.45) is 2.81. The molecule has 1 saturated heterocycles. The highest BCUT2D eigenvalue weighted by Gasteiger charge is 2.30. The number of nitrogens with one attached hydrogen (secondary N) is 1. The first-order valence-electron chi connectivity index (χ1n) is 7.27. The molecule has 0 aromatic heterocycles. The molecule has 1 aliphatic carbocycles. The monoisotopic (exact) mass is 263 g/mol. The van der Waals surface area contributed by atoms with Gasteiger partial charge in [-0.1, -0.05) is 6.07 Å². The van der Waals surface area contributed by atoms with Gasteiger partial charge in [-0.15, -0.1) is 0 Å². The summed E-state index contributed by atoms with van der Waals surface area (Å²) < 4.78 is 13.0. The molecular formula is C15H22FN3. The number of anilines is 1. The summed E-state index contributed by atoms with van der Waals surface area (Å²) >= 11 is 0. The van der Waals surface area contributed by atoms with Crippen molar-refractivity contribution in [3.63, 3.8) is 0 Å². The molecule has 0 spiro atoms. The minimum absolute atomic E-state index is 0.178. The van der Waals surface area contributed by atoms with Gasteiger partial charge in [0, 0.05) is 51.0 Å². The van der Waals surface area contributed by atoms with E-state index < -0.39 is 0 Å². The molecule has 1 aromatic carbocycles. The lowest BCUT2D eigenvalue weighted by atomic mass is 10.3. The lowest BCUT2D eigenvalue weighted by molar-refractivity contribution is 0.130. The number of piperazine rings is 1. The second kappa shape index (κ2) is 5.88. The molecule has 0 amide bonds. The maximum atomic E-state index is 13.0. The van der Waals surface area contributed by atoms with E-state index in [2.05, 4.69) is 15.1 Å². The first kappa shape index (κ1) is 12.9. The number of rotatable bonds is 5. The minimum Gasteiger partial charge on any atom is -0.384 e. The van der Waals surface area contributed by atoms with Crippen LogP contribution in [0.2, 0.25) is 0 Å². The zero-order chi connectivity index (χ0) is 13.1. The average Bonchev–Trinajstić information content (AvgIpc) is 3.24. The van der Waals surface area contributed by atoms with Crippen molar-refractivity contribution in [1.82, 2.24) is 9.80 Å². The van der Waals surface area contributed by atoms with Crippen LogP contribution in [0, 0.1) is 5.82 Å². The second-order valence-corrected chi connectivity index (χ2v) is 5.55. The van der Waals surface area contributed by atoms with Gasteiger partial charge in [-0.25, -0.2) is 4.39 Å². The van der Waals surface area contributed by atoms with Gasteiger partial charge >= 0.3 is 0 Å². The zero-order valence-corrected chi connectivity index (χ0v) is 11.3. The fourth-order valence-electron chi connectivity index (χ4n) is 2.75. The standard InChI is InChI=1S/C15H22FN3/c16-13-2-1-3-14(12-13)17-6-7-18-8-10-19(11-9-18)15-4-5-15/h1-3,12,15,17H,4-11H2. The van der Waals surface area contributed by atoms with Gasteiger partial charge in [0.05, 0.1) is 0 Å². The van der Waals surface area contributed by atoms with E-state index in [0.717, 1.165) is 24.8 Å². The van der Waals surface area contributed by atoms with E-state index in [0.29, 0.717) is 0 Å². The predicted octanol–water partition coefficient (Wildman–Crippen LogP) is 2.02. The fraction of sp³-hybridized carbons (Fsp3) is 0.600. The molecule has 1 saturated carbocycles. The molecule has 2 fully saturated rings. The molecule has 0 radical (unpaired) electrons. The molecule has 1 heterocycles. The number of hydrogen-bond donors (Lipinski definition) is 1. The molecular weight excluding hydrogens is 241 g/mol. The molecule has 0 unspecified atom stereocenters. The van der Waals surface area contributed by atoms with Crippen molar-refractivity contribution in [3.8, 4) is 0 Å². The van der Waals surface area contributed by atoms with Gasteiger partial charge in [0.1, 0.15) is 5.82 Å². The highest BCUT2D eigenvalue weighted by molar-refractivity contribution is 5.42. The molecule has 1 aromatic rings. The third kappa shape index (κ3) is 3.67. The summed E-state index contributed by atoms with van der Waals surface area (Å²) in [4.78, 5) is 5.11. The average molecular weight is 263 g/mol. The van der Waals surface area contributed by atoms with Gasteiger partial charge in [0.2, 0.25) is 0 Å². The summed E-state index contributed by atoms with van der Waals surface area (Å²) in [5, 5.41) is 3.28. The first-order chi connectivity index (χ1) is 9.31. The summed E-state index contributed by atoms with van der Waals surface area (Å²) in [6.45, 7) is 6.68. The van der Waals surface area contributed by atoms with Crippen LogP contribution in [-0.4, -0.2) is 55.1 Å². The van der Waals surface area contributed by atoms with E-state index in [1.807, 2.05) is 6.07 Å². The van der Waals surface area contributed by atoms with E-state index in [1.165, 1.54) is 45.1 Å². The van der Waals surface area contributed by atoms with E-state index in [1.54, 1.807) is 12.1 Å². The lowest BCUT2D eigenvalue weighted by Crippen LogP contribution is -2.48. The van der Waals surface area contributed by atoms with Crippen LogP contribution in [0.4, 0.5) is 10.1 Å². The summed E-state index contributed by atoms with van der Waals surface area (Å²) in [5.74, 6) is -0.178. The maximum Gasteiger partial charge on any atom is 0.125 e. The van der Waals surface area contributed by atoms with Crippen molar-refractivity contribution < 1.29 is 4.39 Å². The minimum atomic E-state index is -0.178. The molecule has 4 heteroatoms. The predicted molar refractivity (Wildman–Crippen MR) is 75.9 cm³/mol. The second-order valence-electron chi connectivity index (χ2n) is 5.55. The Kier molecular flexibility index (Phi) is 3.99. The van der Waals surface area contributed by atoms with Gasteiger partial charge in [0.25, 0.3) is 0 Å². The Morgan fingerprint density at radius 1 is 1.16 bits per heavy atom. The summed E-state index contributed by atoms with van der Waals surface area (Å²) in [7, 11) is 0. The molecule has 2 aliphatic rings. The normalized spacial score (nSPS) is 21.5. The first-order valence-corrected chi connectivity index (χ1v) is 7.27. The highest BCUT2D eigenvalue weighted by atomic mass is 19.1. The van der Waals surface area contributed by atoms with Crippen LogP contribution in [0.15, 0.2) is 24.3 Å². The van der Waals surface area contributed by atoms with Crippen LogP contribution >= 0.6 is 0 Å². The van der Waals surface area contributed by atoms with Crippen LogP contribution in [0.5, 0.6) is 0 Å². The third-order valence-corrected chi connectivity index (χ3v) is 4.05. The van der Waals surface area contributed by atoms with E-state index in [9.17, 15) is 4.39 Å². The van der Waals surface area contributed by atoms with E-state index >= 15 is 0 Å². The largest absolute Gasteiger partial charge is 0.384 e. The van der Waals surface area contributed by atoms with Crippen LogP contribution in [0.1, 0.15) is 12.8 Å². The third-order valence-electron chi connectivity index (χ3n) is 4.05. The molecule has 3 nitrogen and oxygen atoms in total. The molecule has 19 heavy (non-hydrogen) atoms. The Balaban J connectivity index is 1.36. The maximum absolute atomic E-state index is 13.0. The van der Waals surface area contributed by atoms with Gasteiger partial charge in [0.15, 0.2) is 0 Å². The smallest absolute Gasteiger partial charge is 0.125 e. The van der Waals surface area contributed by atoms with Crippen molar-refractivity contribution in [2.45, 2.75) is 18.9 Å². The number of hydrogen-bond acceptors (Lipinski definition) is 3. The SMILES string of the molecule is Fc1cccc(NCCN2CCN(C3CC3)CC2)c1. The zero-order valence-electron chi connectivity index (χ0n) is 11.3. The Hall–Kier alpha value is -1.13. The van der Waals surface area contributed by atoms with Gasteiger partial charge in [-0.3, -0.25) is 9.80 Å². The number of benzene rings is 1. The van der Waals surface area contributed by atoms with Gasteiger partial charge in [-0.2, -0.15) is 0 Å². The Morgan fingerprint density at radius 3 is 2.63 bits per heavy atom. The topological polar surface area (TPSA) is 18.5 Å². The van der Waals surface area contributed by atoms with Crippen molar-refractivity contribution in [3.05, 3.63) is 30.1 Å². The molecule has 3 rings (SSSR count). The van der Waals surface area contributed by atoms with Crippen LogP contribution < -0.4 is 5.32 Å². The van der Waals surface area contributed by atoms with Gasteiger partial charge < -0.3 is 5.32 Å². The lowest BCUT2D eigenvalue weighted by Gasteiger charge is -2.34. The molecule has 0 atom stereocenters. The summed E-state index contributed by atoms with van der Waals surface area (Å²) in [6, 6.07) is 7.57. The van der Waals surface area contributed by atoms with Crippen molar-refractivity contribution >= 4 is 5.69 Å². The molecule has 1 aliphatic heterocycles. The Labute approximate surface area is 114 Å². The van der Waals surface area contributed by atoms with E-state index in [4.69, 9.17) is 0 Å². The Morgan fingerprint density at radius 2 is 1.95 bits per heavy atom. The van der Waals surface area contributed by atoms with Crippen LogP contribution in [0.25, 0.3) is 0 Å². The molecule has 1 N–H and O–H groups in total. The quantitative estimate of drug-likeness (QED) is 0.877. The van der Waals surface area contributed by atoms with Crippen molar-refractivity contribution in [1.29, 1.82) is 0 Å². The number of nitrogens with zero attached hydrogens (tertiary/aromatic N) is 2. The fourth-order valence-corrected chi connectivity index (χ4v) is 2.75. The van der Waals surface area contributed by atoms with Crippen LogP contribution in [-0.2, 0) is 0 Å². The van der Waals surface area contributed by atoms with Crippen LogP contribution in [0.3, 0.4) is 0 Å². The Bertz CT molecular complexity index is 412. The van der Waals surface area contributed by atoms with E-state index in [-0.39, 0.29) is 5.82 Å². The van der Waals surface area contributed by atoms with Crippen molar-refractivity contribution in [2.75, 3.05) is 44.6 Å². The molecule has 104 valence electrons.